The predicted octanol–water partition coefficient (Wildman–Crippen LogP) is 4.99. The predicted molar refractivity (Wildman–Crippen MR) is 170 cm³/mol. The van der Waals surface area contributed by atoms with E-state index in [1.54, 1.807) is 20.8 Å². The van der Waals surface area contributed by atoms with Gasteiger partial charge in [0.2, 0.25) is 0 Å². The number of nitrogens with two attached hydrogens (primary N) is 1. The maximum Gasteiger partial charge on any atom is 0.319 e. The molecule has 0 bridgehead atoms. The Labute approximate surface area is 250 Å². The van der Waals surface area contributed by atoms with Crippen LogP contribution < -0.4 is 11.1 Å². The summed E-state index contributed by atoms with van der Waals surface area (Å²) in [6, 6.07) is 17.4. The van der Waals surface area contributed by atoms with Crippen molar-refractivity contribution in [3.05, 3.63) is 95.8 Å². The molecule has 2 heterocycles. The number of carbonyl (C=O) groups is 2. The van der Waals surface area contributed by atoms with Crippen molar-refractivity contribution in [2.75, 3.05) is 39.4 Å². The second-order valence-corrected chi connectivity index (χ2v) is 12.5. The van der Waals surface area contributed by atoms with Crippen LogP contribution in [0.1, 0.15) is 31.9 Å². The van der Waals surface area contributed by atoms with E-state index in [4.69, 9.17) is 10.5 Å². The van der Waals surface area contributed by atoms with Crippen LogP contribution >= 0.6 is 23.5 Å². The summed E-state index contributed by atoms with van der Waals surface area (Å²) in [5, 5.41) is 13.0. The minimum atomic E-state index is -0.916. The van der Waals surface area contributed by atoms with Crippen LogP contribution in [0, 0.1) is 0 Å². The van der Waals surface area contributed by atoms with Gasteiger partial charge >= 0.3 is 5.97 Å². The highest BCUT2D eigenvalue weighted by Crippen LogP contribution is 2.38. The highest BCUT2D eigenvalue weighted by Gasteiger charge is 2.29. The Morgan fingerprint density at radius 2 is 1.80 bits per heavy atom. The van der Waals surface area contributed by atoms with E-state index in [-0.39, 0.29) is 12.5 Å². The van der Waals surface area contributed by atoms with E-state index in [9.17, 15) is 14.7 Å². The molecule has 1 amide bonds. The Bertz CT molecular complexity index is 1300. The van der Waals surface area contributed by atoms with Crippen molar-refractivity contribution in [3.63, 3.8) is 0 Å². The first kappa shape index (κ1) is 32.2. The summed E-state index contributed by atoms with van der Waals surface area (Å²) in [6.07, 6.45) is 3.29. The molecule has 0 aliphatic carbocycles. The van der Waals surface area contributed by atoms with E-state index >= 15 is 0 Å². The third-order valence-corrected chi connectivity index (χ3v) is 8.64. The molecular weight excluding hydrogens is 556 g/mol. The van der Waals surface area contributed by atoms with Crippen LogP contribution in [0.3, 0.4) is 0 Å². The number of nitrogens with one attached hydrogen (secondary N) is 1. The fourth-order valence-electron chi connectivity index (χ4n) is 3.83. The number of carbonyl (C=O) groups excluding carboxylic acids is 1. The molecule has 4 rings (SSSR count). The first-order valence-electron chi connectivity index (χ1n) is 13.3. The number of ether oxygens (including phenoxy) is 1. The molecule has 0 atom stereocenters. The van der Waals surface area contributed by atoms with Crippen LogP contribution in [-0.2, 0) is 14.3 Å². The molecule has 41 heavy (non-hydrogen) atoms. The van der Waals surface area contributed by atoms with Crippen LogP contribution in [-0.4, -0.2) is 71.1 Å². The topological polar surface area (TPSA) is 117 Å². The number of allylic oxidation sites excluding steroid dienone is 1. The molecule has 0 radical (unpaired) electrons. The average Bonchev–Trinajstić information content (AvgIpc) is 2.98. The van der Waals surface area contributed by atoms with Crippen molar-refractivity contribution in [1.29, 1.82) is 0 Å². The number of amides is 1. The van der Waals surface area contributed by atoms with Gasteiger partial charge in [-0.2, -0.15) is 0 Å². The molecule has 2 aromatic carbocycles. The molecule has 0 spiro atoms. The fraction of sp³-hybridized carbons (Fsp3) is 0.323. The first-order chi connectivity index (χ1) is 19.6. The number of hydrogen-bond acceptors (Lipinski definition) is 8. The van der Waals surface area contributed by atoms with Gasteiger partial charge < -0.3 is 20.9 Å². The quantitative estimate of drug-likeness (QED) is 0.275. The first-order valence-corrected chi connectivity index (χ1v) is 14.9. The van der Waals surface area contributed by atoms with E-state index in [1.807, 2.05) is 60.7 Å². The average molecular weight is 595 g/mol. The summed E-state index contributed by atoms with van der Waals surface area (Å²) in [6.45, 7) is 13.9. The summed E-state index contributed by atoms with van der Waals surface area (Å²) in [5.74, 6) is -1.08. The van der Waals surface area contributed by atoms with E-state index in [2.05, 4.69) is 21.8 Å². The lowest BCUT2D eigenvalue weighted by Crippen LogP contribution is -2.36. The van der Waals surface area contributed by atoms with Gasteiger partial charge in [-0.15, -0.1) is 18.3 Å². The van der Waals surface area contributed by atoms with Crippen molar-refractivity contribution in [2.24, 2.45) is 10.7 Å². The Morgan fingerprint density at radius 3 is 2.39 bits per heavy atom. The minimum absolute atomic E-state index is 0.221. The molecule has 1 saturated heterocycles. The Morgan fingerprint density at radius 1 is 1.15 bits per heavy atom. The van der Waals surface area contributed by atoms with Crippen LogP contribution in [0.5, 0.6) is 0 Å². The highest BCUT2D eigenvalue weighted by atomic mass is 32.2. The fourth-order valence-corrected chi connectivity index (χ4v) is 5.89. The van der Waals surface area contributed by atoms with Gasteiger partial charge in [0, 0.05) is 46.9 Å². The van der Waals surface area contributed by atoms with Gasteiger partial charge in [-0.3, -0.25) is 19.5 Å². The SMILES string of the molecule is C/C(=C\N)NC(=O)C1=C(c2ccccc2)SC(c2ccc(SC(C)(C)C(=O)O)cc2)=NC1.C=CCN1CCOCC1. The monoisotopic (exact) mass is 594 g/mol. The Kier molecular flexibility index (Phi) is 12.3. The number of aliphatic imine (C=N–C) groups is 1. The number of morpholine rings is 1. The minimum Gasteiger partial charge on any atom is -0.480 e. The van der Waals surface area contributed by atoms with Gasteiger partial charge in [0.25, 0.3) is 5.91 Å². The number of rotatable bonds is 9. The van der Waals surface area contributed by atoms with Crippen LogP contribution in [0.4, 0.5) is 0 Å². The second kappa shape index (κ2) is 15.6. The van der Waals surface area contributed by atoms with Crippen molar-refractivity contribution in [1.82, 2.24) is 10.2 Å². The normalized spacial score (nSPS) is 16.3. The third kappa shape index (κ3) is 9.64. The van der Waals surface area contributed by atoms with Gasteiger partial charge in [0.05, 0.1) is 25.3 Å². The molecule has 0 unspecified atom stereocenters. The summed E-state index contributed by atoms with van der Waals surface area (Å²) in [4.78, 5) is 32.9. The molecule has 0 aromatic heterocycles. The van der Waals surface area contributed by atoms with Gasteiger partial charge in [-0.05, 0) is 38.5 Å². The zero-order valence-electron chi connectivity index (χ0n) is 23.8. The highest BCUT2D eigenvalue weighted by molar-refractivity contribution is 8.22. The third-order valence-electron chi connectivity index (χ3n) is 6.20. The van der Waals surface area contributed by atoms with Crippen molar-refractivity contribution in [2.45, 2.75) is 30.4 Å². The van der Waals surface area contributed by atoms with Crippen molar-refractivity contribution >= 4 is 45.3 Å². The van der Waals surface area contributed by atoms with Crippen molar-refractivity contribution < 1.29 is 19.4 Å². The van der Waals surface area contributed by atoms with E-state index in [0.717, 1.165) is 58.8 Å². The molecule has 8 nitrogen and oxygen atoms in total. The zero-order valence-corrected chi connectivity index (χ0v) is 25.4. The number of aliphatic carboxylic acids is 1. The van der Waals surface area contributed by atoms with Gasteiger partial charge in [-0.1, -0.05) is 60.3 Å². The number of thioether (sulfide) groups is 2. The van der Waals surface area contributed by atoms with Gasteiger partial charge in [0.15, 0.2) is 0 Å². The summed E-state index contributed by atoms with van der Waals surface area (Å²) in [7, 11) is 0. The Hall–Kier alpha value is -3.31. The van der Waals surface area contributed by atoms with Crippen LogP contribution in [0.2, 0.25) is 0 Å². The van der Waals surface area contributed by atoms with E-state index < -0.39 is 10.7 Å². The molecular formula is C31H38N4O4S2. The van der Waals surface area contributed by atoms with Crippen LogP contribution in [0.15, 0.2) is 94.6 Å². The van der Waals surface area contributed by atoms with Crippen LogP contribution in [0.25, 0.3) is 4.91 Å². The summed E-state index contributed by atoms with van der Waals surface area (Å²) in [5.41, 5.74) is 8.52. The number of hydrogen-bond donors (Lipinski definition) is 3. The molecule has 218 valence electrons. The molecule has 1 fully saturated rings. The van der Waals surface area contributed by atoms with E-state index in [1.165, 1.54) is 29.7 Å². The molecule has 2 aliphatic heterocycles. The largest absolute Gasteiger partial charge is 0.480 e. The Balaban J connectivity index is 0.000000436. The van der Waals surface area contributed by atoms with E-state index in [0.29, 0.717) is 11.3 Å². The lowest BCUT2D eigenvalue weighted by atomic mass is 10.1. The number of nitrogens with zero attached hydrogens (tertiary/aromatic N) is 2. The second-order valence-electron chi connectivity index (χ2n) is 9.84. The standard InChI is InChI=1S/C24H25N3O3S2.C7H13NO/c1-15(13-25)27-21(28)19-14-26-22(31-20(19)16-7-5-4-6-8-16)17-9-11-18(12-10-17)32-24(2,3)23(29)30;1-2-3-8-4-6-9-7-5-8/h4-13H,14,25H2,1-3H3,(H,27,28)(H,29,30);2H,1,3-7H2/b15-13+;. The number of benzene rings is 2. The molecule has 0 saturated carbocycles. The molecule has 4 N–H and O–H groups in total. The zero-order chi connectivity index (χ0) is 29.8. The lowest BCUT2D eigenvalue weighted by Gasteiger charge is -2.24. The molecule has 2 aromatic rings. The summed E-state index contributed by atoms with van der Waals surface area (Å²) < 4.78 is 4.25. The molecule has 10 heteroatoms. The lowest BCUT2D eigenvalue weighted by molar-refractivity contribution is -0.138. The smallest absolute Gasteiger partial charge is 0.319 e. The number of carboxylic acids is 1. The molecule has 2 aliphatic rings. The number of carboxylic acid groups (broad SMARTS) is 1. The summed E-state index contributed by atoms with van der Waals surface area (Å²) >= 11 is 2.74. The van der Waals surface area contributed by atoms with Crippen molar-refractivity contribution in [3.8, 4) is 0 Å². The maximum absolute atomic E-state index is 12.8. The maximum atomic E-state index is 12.8. The van der Waals surface area contributed by atoms with Gasteiger partial charge in [-0.25, -0.2) is 0 Å². The van der Waals surface area contributed by atoms with Gasteiger partial charge in [0.1, 0.15) is 9.79 Å².